The number of aliphatic carboxylic acids is 1. The molecular formula is C24H32N2O7Si. The fourth-order valence-corrected chi connectivity index (χ4v) is 7.61. The second-order valence-electron chi connectivity index (χ2n) is 8.90. The van der Waals surface area contributed by atoms with E-state index in [1.54, 1.807) is 0 Å². The number of benzene rings is 2. The van der Waals surface area contributed by atoms with Crippen molar-refractivity contribution in [3.05, 3.63) is 81.9 Å². The molecule has 2 aromatic rings. The van der Waals surface area contributed by atoms with E-state index < -0.39 is 37.0 Å². The number of aliphatic hydroxyl groups excluding tert-OH is 3. The average molecular weight is 489 g/mol. The number of allylic oxidation sites excluding steroid dienone is 1. The minimum absolute atomic E-state index is 0.0319. The van der Waals surface area contributed by atoms with Crippen LogP contribution in [0.15, 0.2) is 66.2 Å². The van der Waals surface area contributed by atoms with Gasteiger partial charge in [-0.2, -0.15) is 0 Å². The third-order valence-corrected chi connectivity index (χ3v) is 10.7. The fraction of sp³-hybridized carbons (Fsp3) is 0.375. The van der Waals surface area contributed by atoms with E-state index in [1.165, 1.54) is 29.5 Å². The molecule has 0 saturated carbocycles. The van der Waals surface area contributed by atoms with Gasteiger partial charge in [0.15, 0.2) is 0 Å². The molecule has 0 bridgehead atoms. The summed E-state index contributed by atoms with van der Waals surface area (Å²) in [6.07, 6.45) is 1.70. The SMILES string of the molecule is C[Si](C)(c1ccccc1)[C@H]1CC=C(CO)[C@@H]1C(=O)[O-].[NH3+][C@H](CO)[C@H](O)c1ccc([N+](=O)[O-])cc1. The first-order valence-corrected chi connectivity index (χ1v) is 14.0. The molecule has 0 fully saturated rings. The zero-order valence-electron chi connectivity index (χ0n) is 19.3. The molecule has 184 valence electrons. The van der Waals surface area contributed by atoms with Gasteiger partial charge in [-0.1, -0.05) is 54.7 Å². The van der Waals surface area contributed by atoms with Crippen LogP contribution in [0.5, 0.6) is 0 Å². The number of quaternary nitrogens is 1. The lowest BCUT2D eigenvalue weighted by Gasteiger charge is -2.36. The van der Waals surface area contributed by atoms with Gasteiger partial charge in [0, 0.05) is 24.0 Å². The van der Waals surface area contributed by atoms with E-state index in [1.807, 2.05) is 24.3 Å². The van der Waals surface area contributed by atoms with E-state index >= 15 is 0 Å². The standard InChI is InChI=1S/C15H20O3Si.C9H12N2O4/c1-19(2,12-6-4-3-5-7-12)13-9-8-11(10-16)14(13)15(17)18;10-8(5-12)9(13)6-1-3-7(4-2-6)11(14)15/h3-8,13-14,16H,9-10H2,1-2H3,(H,17,18);1-4,8-9,12-13H,5,10H2/t13-,14-;8-,9-/m01/s1. The molecule has 0 amide bonds. The normalized spacial score (nSPS) is 19.4. The molecule has 0 aromatic heterocycles. The van der Waals surface area contributed by atoms with Gasteiger partial charge in [-0.05, 0) is 35.2 Å². The monoisotopic (exact) mass is 488 g/mol. The summed E-state index contributed by atoms with van der Waals surface area (Å²) in [7, 11) is -1.91. The van der Waals surface area contributed by atoms with E-state index in [0.29, 0.717) is 11.1 Å². The summed E-state index contributed by atoms with van der Waals surface area (Å²) < 4.78 is 0. The van der Waals surface area contributed by atoms with Crippen LogP contribution in [0.3, 0.4) is 0 Å². The molecule has 0 radical (unpaired) electrons. The molecule has 3 rings (SSSR count). The molecule has 0 unspecified atom stereocenters. The molecule has 0 heterocycles. The maximum atomic E-state index is 11.4. The summed E-state index contributed by atoms with van der Waals surface area (Å²) in [4.78, 5) is 21.3. The Morgan fingerprint density at radius 2 is 1.74 bits per heavy atom. The summed E-state index contributed by atoms with van der Waals surface area (Å²) in [5, 5.41) is 50.7. The number of hydrogen-bond acceptors (Lipinski definition) is 7. The van der Waals surface area contributed by atoms with Gasteiger partial charge in [0.2, 0.25) is 0 Å². The Bertz CT molecular complexity index is 996. The molecule has 10 heteroatoms. The van der Waals surface area contributed by atoms with Gasteiger partial charge in [-0.15, -0.1) is 0 Å². The van der Waals surface area contributed by atoms with Crippen molar-refractivity contribution in [3.63, 3.8) is 0 Å². The molecular weight excluding hydrogens is 456 g/mol. The maximum absolute atomic E-state index is 11.4. The second kappa shape index (κ2) is 12.0. The van der Waals surface area contributed by atoms with Crippen molar-refractivity contribution in [2.24, 2.45) is 5.92 Å². The van der Waals surface area contributed by atoms with Crippen LogP contribution in [0.4, 0.5) is 5.69 Å². The van der Waals surface area contributed by atoms with Crippen LogP contribution in [-0.4, -0.2) is 53.5 Å². The number of aliphatic hydroxyl groups is 3. The fourth-order valence-electron chi connectivity index (χ4n) is 4.24. The van der Waals surface area contributed by atoms with Crippen LogP contribution >= 0.6 is 0 Å². The largest absolute Gasteiger partial charge is 0.550 e. The molecule has 1 aliphatic carbocycles. The van der Waals surface area contributed by atoms with Gasteiger partial charge in [0.1, 0.15) is 12.1 Å². The topological polar surface area (TPSA) is 172 Å². The van der Waals surface area contributed by atoms with Crippen LogP contribution in [0.2, 0.25) is 18.6 Å². The molecule has 4 atom stereocenters. The molecule has 0 aliphatic heterocycles. The third kappa shape index (κ3) is 6.36. The van der Waals surface area contributed by atoms with Crippen LogP contribution in [0.1, 0.15) is 18.1 Å². The van der Waals surface area contributed by atoms with Crippen molar-refractivity contribution < 1.29 is 35.9 Å². The van der Waals surface area contributed by atoms with E-state index in [4.69, 9.17) is 5.11 Å². The average Bonchev–Trinajstić information content (AvgIpc) is 3.29. The predicted octanol–water partition coefficient (Wildman–Crippen LogP) is -0.108. The lowest BCUT2D eigenvalue weighted by atomic mass is 10.0. The lowest BCUT2D eigenvalue weighted by molar-refractivity contribution is -0.444. The van der Waals surface area contributed by atoms with Crippen molar-refractivity contribution in [1.29, 1.82) is 0 Å². The van der Waals surface area contributed by atoms with Gasteiger partial charge >= 0.3 is 0 Å². The lowest BCUT2D eigenvalue weighted by Crippen LogP contribution is -2.65. The van der Waals surface area contributed by atoms with Crippen molar-refractivity contribution in [1.82, 2.24) is 0 Å². The highest BCUT2D eigenvalue weighted by molar-refractivity contribution is 6.91. The third-order valence-electron chi connectivity index (χ3n) is 6.44. The van der Waals surface area contributed by atoms with Gasteiger partial charge in [0.25, 0.3) is 5.69 Å². The Balaban J connectivity index is 0.000000248. The molecule has 1 aliphatic rings. The van der Waals surface area contributed by atoms with Crippen LogP contribution in [0, 0.1) is 16.0 Å². The van der Waals surface area contributed by atoms with Crippen molar-refractivity contribution >= 4 is 24.9 Å². The van der Waals surface area contributed by atoms with Crippen molar-refractivity contribution in [2.45, 2.75) is 37.2 Å². The van der Waals surface area contributed by atoms with Crippen LogP contribution < -0.4 is 16.0 Å². The zero-order valence-corrected chi connectivity index (χ0v) is 20.3. The zero-order chi connectivity index (χ0) is 25.5. The predicted molar refractivity (Wildman–Crippen MR) is 127 cm³/mol. The van der Waals surface area contributed by atoms with Crippen molar-refractivity contribution in [2.75, 3.05) is 13.2 Å². The highest BCUT2D eigenvalue weighted by Gasteiger charge is 2.42. The Kier molecular flexibility index (Phi) is 9.65. The van der Waals surface area contributed by atoms with Crippen LogP contribution in [-0.2, 0) is 4.79 Å². The number of hydrogen-bond donors (Lipinski definition) is 4. The smallest absolute Gasteiger partial charge is 0.269 e. The van der Waals surface area contributed by atoms with E-state index in [-0.39, 0.29) is 24.4 Å². The number of non-ortho nitro benzene ring substituents is 1. The number of nitro benzene ring substituents is 1. The maximum Gasteiger partial charge on any atom is 0.269 e. The number of nitro groups is 1. The van der Waals surface area contributed by atoms with Crippen LogP contribution in [0.25, 0.3) is 0 Å². The first-order chi connectivity index (χ1) is 16.0. The van der Waals surface area contributed by atoms with Gasteiger partial charge in [0.05, 0.1) is 26.2 Å². The molecule has 2 aromatic carbocycles. The Labute approximate surface area is 199 Å². The molecule has 6 N–H and O–H groups in total. The molecule has 9 nitrogen and oxygen atoms in total. The minimum atomic E-state index is -1.91. The quantitative estimate of drug-likeness (QED) is 0.174. The second-order valence-corrected chi connectivity index (χ2v) is 13.7. The van der Waals surface area contributed by atoms with Gasteiger partial charge in [-0.3, -0.25) is 10.1 Å². The summed E-state index contributed by atoms with van der Waals surface area (Å²) >= 11 is 0. The molecule has 0 spiro atoms. The number of carboxylic acid groups (broad SMARTS) is 1. The number of rotatable bonds is 8. The summed E-state index contributed by atoms with van der Waals surface area (Å²) in [5.74, 6) is -1.69. The van der Waals surface area contributed by atoms with E-state index in [9.17, 15) is 30.2 Å². The summed E-state index contributed by atoms with van der Waals surface area (Å²) in [6, 6.07) is 15.1. The first kappa shape index (κ1) is 27.4. The number of nitrogens with zero attached hydrogens (tertiary/aromatic N) is 1. The van der Waals surface area contributed by atoms with Crippen molar-refractivity contribution in [3.8, 4) is 0 Å². The van der Waals surface area contributed by atoms with Gasteiger partial charge in [-0.25, -0.2) is 0 Å². The van der Waals surface area contributed by atoms with Gasteiger partial charge < -0.3 is 31.0 Å². The summed E-state index contributed by atoms with van der Waals surface area (Å²) in [6.45, 7) is 3.96. The highest BCUT2D eigenvalue weighted by Crippen LogP contribution is 2.42. The number of carbonyl (C=O) groups is 1. The first-order valence-electron chi connectivity index (χ1n) is 11.0. The number of carbonyl (C=O) groups excluding carboxylic acids is 1. The number of carboxylic acids is 1. The molecule has 0 saturated heterocycles. The Hall–Kier alpha value is -2.89. The summed E-state index contributed by atoms with van der Waals surface area (Å²) in [5.41, 5.74) is 4.70. The Morgan fingerprint density at radius 3 is 2.21 bits per heavy atom. The van der Waals surface area contributed by atoms with E-state index in [0.717, 1.165) is 6.42 Å². The molecule has 34 heavy (non-hydrogen) atoms. The Morgan fingerprint density at radius 1 is 1.15 bits per heavy atom. The van der Waals surface area contributed by atoms with E-state index in [2.05, 4.69) is 31.0 Å². The highest BCUT2D eigenvalue weighted by atomic mass is 28.3. The minimum Gasteiger partial charge on any atom is -0.550 e.